The van der Waals surface area contributed by atoms with Crippen LogP contribution in [0.4, 0.5) is 15.9 Å². The van der Waals surface area contributed by atoms with E-state index in [9.17, 15) is 9.18 Å². The molecule has 0 unspecified atom stereocenters. The first kappa shape index (κ1) is 16.4. The molecule has 0 fully saturated rings. The summed E-state index contributed by atoms with van der Waals surface area (Å²) in [4.78, 5) is 16.3. The molecule has 2 aromatic rings. The molecule has 8 heteroatoms. The first-order valence-electron chi connectivity index (χ1n) is 6.40. The van der Waals surface area contributed by atoms with Gasteiger partial charge in [0.25, 0.3) is 5.91 Å². The highest BCUT2D eigenvalue weighted by atomic mass is 127. The number of hydrogen-bond donors (Lipinski definition) is 2. The topological polar surface area (TPSA) is 85.3 Å². The molecule has 1 amide bonds. The van der Waals surface area contributed by atoms with Gasteiger partial charge in [0.05, 0.1) is 5.69 Å². The van der Waals surface area contributed by atoms with E-state index in [1.165, 1.54) is 17.8 Å². The number of aromatic nitrogens is 2. The fourth-order valence-corrected chi connectivity index (χ4v) is 2.35. The van der Waals surface area contributed by atoms with E-state index in [1.807, 2.05) is 22.6 Å². The van der Waals surface area contributed by atoms with E-state index >= 15 is 0 Å². The number of nitrogens with zero attached hydrogens (tertiary/aromatic N) is 3. The number of amides is 1. The van der Waals surface area contributed by atoms with E-state index in [1.54, 1.807) is 26.1 Å². The molecule has 0 bridgehead atoms. The molecule has 0 saturated heterocycles. The van der Waals surface area contributed by atoms with Gasteiger partial charge in [0.15, 0.2) is 5.69 Å². The summed E-state index contributed by atoms with van der Waals surface area (Å²) < 4.78 is 16.2. The van der Waals surface area contributed by atoms with E-state index in [4.69, 9.17) is 5.73 Å². The van der Waals surface area contributed by atoms with E-state index in [-0.39, 0.29) is 16.7 Å². The molecule has 0 saturated carbocycles. The maximum absolute atomic E-state index is 14.0. The minimum Gasteiger partial charge on any atom is -0.384 e. The molecule has 3 N–H and O–H groups in total. The van der Waals surface area contributed by atoms with Gasteiger partial charge in [-0.05, 0) is 47.7 Å². The molecule has 0 aliphatic heterocycles. The molecule has 6 nitrogen and oxygen atoms in total. The van der Waals surface area contributed by atoms with Gasteiger partial charge in [-0.3, -0.25) is 9.48 Å². The van der Waals surface area contributed by atoms with Crippen LogP contribution in [0, 0.1) is 16.3 Å². The summed E-state index contributed by atoms with van der Waals surface area (Å²) in [6.07, 6.45) is 0. The second kappa shape index (κ2) is 6.42. The zero-order valence-electron chi connectivity index (χ0n) is 12.3. The van der Waals surface area contributed by atoms with Gasteiger partial charge in [0.2, 0.25) is 0 Å². The van der Waals surface area contributed by atoms with Crippen LogP contribution in [0.15, 0.2) is 23.2 Å². The average Bonchev–Trinajstić information content (AvgIpc) is 2.49. The predicted octanol–water partition coefficient (Wildman–Crippen LogP) is 1.65. The van der Waals surface area contributed by atoms with Crippen molar-refractivity contribution in [3.63, 3.8) is 0 Å². The SMILES string of the molecule is CNC(=O)c1nn(C)c(N)c(C)c1=Nc1ccc(I)cc1F. The molecular weight excluding hydrogens is 400 g/mol. The van der Waals surface area contributed by atoms with E-state index in [0.29, 0.717) is 11.4 Å². The maximum Gasteiger partial charge on any atom is 0.273 e. The van der Waals surface area contributed by atoms with Crippen LogP contribution in [0.3, 0.4) is 0 Å². The molecule has 0 aliphatic carbocycles. The first-order valence-corrected chi connectivity index (χ1v) is 7.48. The number of nitrogen functional groups attached to an aromatic ring is 1. The summed E-state index contributed by atoms with van der Waals surface area (Å²) >= 11 is 2.01. The number of carbonyl (C=O) groups excluding carboxylic acids is 1. The average molecular weight is 415 g/mol. The zero-order chi connectivity index (χ0) is 16.4. The van der Waals surface area contributed by atoms with Gasteiger partial charge in [-0.25, -0.2) is 9.38 Å². The Hall–Kier alpha value is -1.97. The van der Waals surface area contributed by atoms with Gasteiger partial charge < -0.3 is 11.1 Å². The Bertz CT molecular complexity index is 816. The first-order chi connectivity index (χ1) is 10.3. The predicted molar refractivity (Wildman–Crippen MR) is 90.1 cm³/mol. The quantitative estimate of drug-likeness (QED) is 0.732. The molecule has 116 valence electrons. The number of hydrogen-bond acceptors (Lipinski definition) is 4. The fraction of sp³-hybridized carbons (Fsp3) is 0.214. The number of nitrogens with one attached hydrogen (secondary N) is 1. The van der Waals surface area contributed by atoms with Crippen molar-refractivity contribution in [3.8, 4) is 0 Å². The summed E-state index contributed by atoms with van der Waals surface area (Å²) in [6, 6.07) is 4.65. The van der Waals surface area contributed by atoms with Gasteiger partial charge >= 0.3 is 0 Å². The molecule has 1 aromatic heterocycles. The monoisotopic (exact) mass is 415 g/mol. The Labute approximate surface area is 140 Å². The van der Waals surface area contributed by atoms with Crippen molar-refractivity contribution in [1.82, 2.24) is 15.1 Å². The Morgan fingerprint density at radius 3 is 2.77 bits per heavy atom. The summed E-state index contributed by atoms with van der Waals surface area (Å²) in [6.45, 7) is 1.72. The lowest BCUT2D eigenvalue weighted by atomic mass is 10.2. The van der Waals surface area contributed by atoms with E-state index in [0.717, 1.165) is 3.57 Å². The standard InChI is InChI=1S/C14H15FIN5O/c1-7-11(19-10-5-4-8(16)6-9(10)15)12(14(22)18-2)20-21(3)13(7)17/h4-6H,17H2,1-3H3,(H,18,22). The van der Waals surface area contributed by atoms with Crippen LogP contribution >= 0.6 is 22.6 Å². The number of anilines is 1. The van der Waals surface area contributed by atoms with Crippen molar-refractivity contribution < 1.29 is 9.18 Å². The lowest BCUT2D eigenvalue weighted by molar-refractivity contribution is 0.0954. The third kappa shape index (κ3) is 3.11. The minimum atomic E-state index is -0.471. The summed E-state index contributed by atoms with van der Waals surface area (Å²) in [5, 5.41) is 6.86. The molecule has 0 radical (unpaired) electrons. The van der Waals surface area contributed by atoms with Crippen molar-refractivity contribution in [1.29, 1.82) is 0 Å². The highest BCUT2D eigenvalue weighted by Crippen LogP contribution is 2.19. The number of benzene rings is 1. The van der Waals surface area contributed by atoms with Crippen LogP contribution < -0.4 is 16.4 Å². The van der Waals surface area contributed by atoms with E-state index < -0.39 is 11.7 Å². The van der Waals surface area contributed by atoms with Crippen LogP contribution in [0.1, 0.15) is 16.1 Å². The van der Waals surface area contributed by atoms with Gasteiger partial charge in [-0.15, -0.1) is 0 Å². The number of aryl methyl sites for hydroxylation is 1. The van der Waals surface area contributed by atoms with Crippen LogP contribution in [-0.2, 0) is 7.05 Å². The Morgan fingerprint density at radius 2 is 2.18 bits per heavy atom. The molecule has 0 aliphatic rings. The molecule has 0 spiro atoms. The Morgan fingerprint density at radius 1 is 1.50 bits per heavy atom. The lowest BCUT2D eigenvalue weighted by Gasteiger charge is -2.10. The summed E-state index contributed by atoms with van der Waals surface area (Å²) in [7, 11) is 3.12. The highest BCUT2D eigenvalue weighted by Gasteiger charge is 2.15. The zero-order valence-corrected chi connectivity index (χ0v) is 14.5. The Kier molecular flexibility index (Phi) is 4.79. The van der Waals surface area contributed by atoms with Gasteiger partial charge in [0.1, 0.15) is 17.0 Å². The number of carbonyl (C=O) groups is 1. The normalized spacial score (nSPS) is 11.6. The molecule has 1 heterocycles. The molecular formula is C14H15FIN5O. The second-order valence-corrected chi connectivity index (χ2v) is 5.86. The Balaban J connectivity index is 2.80. The third-order valence-corrected chi connectivity index (χ3v) is 3.82. The number of halogens is 2. The summed E-state index contributed by atoms with van der Waals surface area (Å²) in [5.41, 5.74) is 6.71. The van der Waals surface area contributed by atoms with Gasteiger partial charge in [-0.1, -0.05) is 0 Å². The van der Waals surface area contributed by atoms with Gasteiger partial charge in [-0.2, -0.15) is 5.10 Å². The molecule has 22 heavy (non-hydrogen) atoms. The maximum atomic E-state index is 14.0. The lowest BCUT2D eigenvalue weighted by Crippen LogP contribution is -2.32. The van der Waals surface area contributed by atoms with Crippen molar-refractivity contribution >= 4 is 40.0 Å². The smallest absolute Gasteiger partial charge is 0.273 e. The largest absolute Gasteiger partial charge is 0.384 e. The number of rotatable bonds is 2. The van der Waals surface area contributed by atoms with Crippen molar-refractivity contribution in [2.75, 3.05) is 12.8 Å². The fourth-order valence-electron chi connectivity index (χ4n) is 1.89. The van der Waals surface area contributed by atoms with Crippen molar-refractivity contribution in [3.05, 3.63) is 44.2 Å². The summed E-state index contributed by atoms with van der Waals surface area (Å²) in [5.74, 6) is -0.526. The minimum absolute atomic E-state index is 0.0923. The molecule has 0 atom stereocenters. The van der Waals surface area contributed by atoms with Crippen molar-refractivity contribution in [2.45, 2.75) is 6.92 Å². The third-order valence-electron chi connectivity index (χ3n) is 3.15. The van der Waals surface area contributed by atoms with Crippen LogP contribution in [0.25, 0.3) is 0 Å². The number of nitrogens with two attached hydrogens (primary N) is 1. The molecule has 2 rings (SSSR count). The van der Waals surface area contributed by atoms with Crippen LogP contribution in [0.5, 0.6) is 0 Å². The highest BCUT2D eigenvalue weighted by molar-refractivity contribution is 14.1. The second-order valence-electron chi connectivity index (χ2n) is 4.62. The van der Waals surface area contributed by atoms with Crippen molar-refractivity contribution in [2.24, 2.45) is 12.0 Å². The van der Waals surface area contributed by atoms with Gasteiger partial charge in [0, 0.05) is 23.2 Å². The van der Waals surface area contributed by atoms with Crippen LogP contribution in [-0.4, -0.2) is 22.7 Å². The molecule has 1 aromatic carbocycles. The van der Waals surface area contributed by atoms with Crippen LogP contribution in [0.2, 0.25) is 0 Å². The van der Waals surface area contributed by atoms with E-state index in [2.05, 4.69) is 15.4 Å².